The third-order valence-corrected chi connectivity index (χ3v) is 3.42. The van der Waals surface area contributed by atoms with E-state index in [1.807, 2.05) is 0 Å². The predicted octanol–water partition coefficient (Wildman–Crippen LogP) is 4.10. The summed E-state index contributed by atoms with van der Waals surface area (Å²) in [6, 6.07) is 10.4. The predicted molar refractivity (Wildman–Crippen MR) is 92.2 cm³/mol. The number of allylic oxidation sites excluding steroid dienone is 1. The molecule has 6 nitrogen and oxygen atoms in total. The average Bonchev–Trinajstić information content (AvgIpc) is 2.53. The maximum Gasteiger partial charge on any atom is 0.270 e. The highest BCUT2D eigenvalue weighted by molar-refractivity contribution is 6.32. The van der Waals surface area contributed by atoms with E-state index in [1.54, 1.807) is 24.3 Å². The summed E-state index contributed by atoms with van der Waals surface area (Å²) in [7, 11) is 0. The number of carbonyl (C=O) groups excluding carboxylic acids is 2. The zero-order chi connectivity index (χ0) is 17.7. The molecule has 1 N–H and O–H groups in total. The summed E-state index contributed by atoms with van der Waals surface area (Å²) in [5.74, 6) is -0.553. The molecular formula is C17H13ClN2O4. The number of rotatable bonds is 5. The highest BCUT2D eigenvalue weighted by atomic mass is 35.5. The van der Waals surface area contributed by atoms with Crippen LogP contribution in [0.4, 0.5) is 11.4 Å². The Morgan fingerprint density at radius 3 is 2.62 bits per heavy atom. The molecule has 0 bridgehead atoms. The van der Waals surface area contributed by atoms with Crippen LogP contribution >= 0.6 is 11.6 Å². The fourth-order valence-corrected chi connectivity index (χ4v) is 2.17. The number of hydrogen-bond acceptors (Lipinski definition) is 4. The number of nitro groups is 1. The molecule has 0 aliphatic heterocycles. The minimum Gasteiger partial charge on any atom is -0.326 e. The van der Waals surface area contributed by atoms with Gasteiger partial charge in [-0.15, -0.1) is 0 Å². The first-order chi connectivity index (χ1) is 11.4. The molecule has 0 aliphatic carbocycles. The normalized spacial score (nSPS) is 10.6. The quantitative estimate of drug-likeness (QED) is 0.382. The van der Waals surface area contributed by atoms with E-state index >= 15 is 0 Å². The molecule has 0 aromatic heterocycles. The zero-order valence-electron chi connectivity index (χ0n) is 12.7. The lowest BCUT2D eigenvalue weighted by atomic mass is 10.1. The van der Waals surface area contributed by atoms with Crippen molar-refractivity contribution in [3.63, 3.8) is 0 Å². The number of non-ortho nitro benzene ring substituents is 1. The fraction of sp³-hybridized carbons (Fsp3) is 0.0588. The number of nitrogens with zero attached hydrogens (tertiary/aromatic N) is 1. The first-order valence-corrected chi connectivity index (χ1v) is 7.28. The number of amides is 1. The van der Waals surface area contributed by atoms with Gasteiger partial charge in [-0.1, -0.05) is 23.7 Å². The lowest BCUT2D eigenvalue weighted by Crippen LogP contribution is -2.06. The van der Waals surface area contributed by atoms with Crippen molar-refractivity contribution in [2.45, 2.75) is 6.92 Å². The van der Waals surface area contributed by atoms with E-state index in [0.29, 0.717) is 21.8 Å². The summed E-state index contributed by atoms with van der Waals surface area (Å²) in [4.78, 5) is 33.5. The summed E-state index contributed by atoms with van der Waals surface area (Å²) in [6.45, 7) is 1.37. The SMILES string of the molecule is CC(=O)Nc1cccc(C(=O)/C=C/c2cc([N+](=O)[O-])ccc2Cl)c1. The number of halogens is 1. The number of nitro benzene ring substituents is 1. The highest BCUT2D eigenvalue weighted by Gasteiger charge is 2.09. The van der Waals surface area contributed by atoms with Gasteiger partial charge in [0.25, 0.3) is 5.69 Å². The molecule has 0 radical (unpaired) electrons. The molecule has 2 aromatic carbocycles. The Bertz CT molecular complexity index is 846. The molecule has 0 heterocycles. The van der Waals surface area contributed by atoms with E-state index in [1.165, 1.54) is 37.3 Å². The highest BCUT2D eigenvalue weighted by Crippen LogP contribution is 2.23. The van der Waals surface area contributed by atoms with E-state index in [2.05, 4.69) is 5.32 Å². The maximum atomic E-state index is 12.2. The van der Waals surface area contributed by atoms with E-state index < -0.39 is 4.92 Å². The second kappa shape index (κ2) is 7.52. The minimum atomic E-state index is -0.535. The molecule has 0 saturated carbocycles. The van der Waals surface area contributed by atoms with Gasteiger partial charge < -0.3 is 5.32 Å². The molecule has 1 amide bonds. The van der Waals surface area contributed by atoms with Crippen LogP contribution in [-0.2, 0) is 4.79 Å². The average molecular weight is 345 g/mol. The van der Waals surface area contributed by atoms with Gasteiger partial charge in [0.1, 0.15) is 0 Å². The zero-order valence-corrected chi connectivity index (χ0v) is 13.4. The lowest BCUT2D eigenvalue weighted by molar-refractivity contribution is -0.384. The van der Waals surface area contributed by atoms with Crippen molar-refractivity contribution in [3.05, 3.63) is 74.8 Å². The topological polar surface area (TPSA) is 89.3 Å². The molecule has 0 unspecified atom stereocenters. The van der Waals surface area contributed by atoms with Gasteiger partial charge in [-0.2, -0.15) is 0 Å². The molecule has 2 aromatic rings. The van der Waals surface area contributed by atoms with Crippen LogP contribution in [0.25, 0.3) is 6.08 Å². The second-order valence-electron chi connectivity index (χ2n) is 4.92. The Labute approximate surface area is 142 Å². The largest absolute Gasteiger partial charge is 0.326 e. The molecule has 0 atom stereocenters. The van der Waals surface area contributed by atoms with Crippen molar-refractivity contribution in [2.24, 2.45) is 0 Å². The van der Waals surface area contributed by atoms with Gasteiger partial charge in [-0.05, 0) is 35.9 Å². The van der Waals surface area contributed by atoms with Gasteiger partial charge in [0.2, 0.25) is 5.91 Å². The van der Waals surface area contributed by atoms with Crippen molar-refractivity contribution in [1.29, 1.82) is 0 Å². The van der Waals surface area contributed by atoms with Gasteiger partial charge in [0.15, 0.2) is 5.78 Å². The minimum absolute atomic E-state index is 0.112. The molecular weight excluding hydrogens is 332 g/mol. The summed E-state index contributed by atoms with van der Waals surface area (Å²) in [5, 5.41) is 13.7. The Kier molecular flexibility index (Phi) is 5.44. The van der Waals surface area contributed by atoms with Crippen LogP contribution in [0.1, 0.15) is 22.8 Å². The van der Waals surface area contributed by atoms with Crippen molar-refractivity contribution in [3.8, 4) is 0 Å². The fourth-order valence-electron chi connectivity index (χ4n) is 1.99. The molecule has 24 heavy (non-hydrogen) atoms. The van der Waals surface area contributed by atoms with Crippen LogP contribution in [0.2, 0.25) is 5.02 Å². The third-order valence-electron chi connectivity index (χ3n) is 3.07. The number of ketones is 1. The van der Waals surface area contributed by atoms with Gasteiger partial charge >= 0.3 is 0 Å². The smallest absolute Gasteiger partial charge is 0.270 e. The Balaban J connectivity index is 2.23. The number of anilines is 1. The first kappa shape index (κ1) is 17.4. The van der Waals surface area contributed by atoms with Crippen molar-refractivity contribution in [1.82, 2.24) is 0 Å². The molecule has 0 aliphatic rings. The van der Waals surface area contributed by atoms with Crippen LogP contribution in [0, 0.1) is 10.1 Å². The molecule has 122 valence electrons. The van der Waals surface area contributed by atoms with Gasteiger partial charge in [-0.3, -0.25) is 19.7 Å². The number of benzene rings is 2. The third kappa shape index (κ3) is 4.50. The monoisotopic (exact) mass is 344 g/mol. The van der Waals surface area contributed by atoms with Gasteiger partial charge in [0, 0.05) is 35.3 Å². The molecule has 0 fully saturated rings. The summed E-state index contributed by atoms with van der Waals surface area (Å²) < 4.78 is 0. The number of nitrogens with one attached hydrogen (secondary N) is 1. The van der Waals surface area contributed by atoms with Crippen LogP contribution in [0.15, 0.2) is 48.5 Å². The van der Waals surface area contributed by atoms with Crippen LogP contribution in [-0.4, -0.2) is 16.6 Å². The van der Waals surface area contributed by atoms with Crippen LogP contribution in [0.3, 0.4) is 0 Å². The summed E-state index contributed by atoms with van der Waals surface area (Å²) in [5.41, 5.74) is 1.14. The lowest BCUT2D eigenvalue weighted by Gasteiger charge is -2.03. The van der Waals surface area contributed by atoms with Gasteiger partial charge in [-0.25, -0.2) is 0 Å². The van der Waals surface area contributed by atoms with E-state index in [0.717, 1.165) is 0 Å². The first-order valence-electron chi connectivity index (χ1n) is 6.91. The van der Waals surface area contributed by atoms with E-state index in [9.17, 15) is 19.7 Å². The molecule has 2 rings (SSSR count). The number of carbonyl (C=O) groups is 2. The van der Waals surface area contributed by atoms with Gasteiger partial charge in [0.05, 0.1) is 4.92 Å². The molecule has 7 heteroatoms. The maximum absolute atomic E-state index is 12.2. The summed E-state index contributed by atoms with van der Waals surface area (Å²) >= 11 is 5.98. The van der Waals surface area contributed by atoms with E-state index in [-0.39, 0.29) is 17.4 Å². The van der Waals surface area contributed by atoms with Crippen LogP contribution in [0.5, 0.6) is 0 Å². The Hall–Kier alpha value is -2.99. The molecule has 0 saturated heterocycles. The summed E-state index contributed by atoms with van der Waals surface area (Å²) in [6.07, 6.45) is 2.70. The Morgan fingerprint density at radius 2 is 1.96 bits per heavy atom. The van der Waals surface area contributed by atoms with Crippen LogP contribution < -0.4 is 5.32 Å². The number of hydrogen-bond donors (Lipinski definition) is 1. The Morgan fingerprint density at radius 1 is 1.21 bits per heavy atom. The standard InChI is InChI=1S/C17H13ClN2O4/c1-11(21)19-14-4-2-3-13(9-14)17(22)8-5-12-10-15(20(23)24)6-7-16(12)18/h2-10H,1H3,(H,19,21)/b8-5+. The van der Waals surface area contributed by atoms with Crippen molar-refractivity contribution in [2.75, 3.05) is 5.32 Å². The van der Waals surface area contributed by atoms with Crippen molar-refractivity contribution >= 4 is 40.7 Å². The second-order valence-corrected chi connectivity index (χ2v) is 5.33. The van der Waals surface area contributed by atoms with Crippen molar-refractivity contribution < 1.29 is 14.5 Å². The molecule has 0 spiro atoms. The van der Waals surface area contributed by atoms with E-state index in [4.69, 9.17) is 11.6 Å².